The molecule has 1 aliphatic rings. The van der Waals surface area contributed by atoms with Gasteiger partial charge in [-0.1, -0.05) is 17.3 Å². The quantitative estimate of drug-likeness (QED) is 0.679. The van der Waals surface area contributed by atoms with Gasteiger partial charge in [0, 0.05) is 43.3 Å². The van der Waals surface area contributed by atoms with Crippen molar-refractivity contribution in [1.29, 1.82) is 0 Å². The summed E-state index contributed by atoms with van der Waals surface area (Å²) in [5, 5.41) is 5.01. The lowest BCUT2D eigenvalue weighted by Gasteiger charge is -2.36. The summed E-state index contributed by atoms with van der Waals surface area (Å²) in [7, 11) is 0. The van der Waals surface area contributed by atoms with Gasteiger partial charge in [-0.25, -0.2) is 9.37 Å². The zero-order chi connectivity index (χ0) is 19.0. The Morgan fingerprint density at radius 1 is 1.15 bits per heavy atom. The first-order valence-corrected chi connectivity index (χ1v) is 9.68. The maximum atomic E-state index is 13.8. The van der Waals surface area contributed by atoms with E-state index in [2.05, 4.69) is 36.2 Å². The lowest BCUT2D eigenvalue weighted by molar-refractivity contribution is 0.164. The number of nitrogens with zero attached hydrogens (tertiary/aromatic N) is 6. The molecule has 7 nitrogen and oxygen atoms in total. The van der Waals surface area contributed by atoms with Crippen molar-refractivity contribution in [3.05, 3.63) is 41.3 Å². The first kappa shape index (κ1) is 18.0. The van der Waals surface area contributed by atoms with Gasteiger partial charge in [-0.15, -0.1) is 0 Å². The highest BCUT2D eigenvalue weighted by Crippen LogP contribution is 2.26. The molecule has 142 valence electrons. The molecule has 0 aliphatic carbocycles. The first-order chi connectivity index (χ1) is 13.0. The van der Waals surface area contributed by atoms with E-state index >= 15 is 0 Å². The van der Waals surface area contributed by atoms with E-state index in [1.807, 2.05) is 6.92 Å². The number of aromatic nitrogens is 4. The molecule has 1 aromatic carbocycles. The maximum Gasteiger partial charge on any atom is 0.244 e. The summed E-state index contributed by atoms with van der Waals surface area (Å²) in [6.45, 7) is 9.19. The molecule has 0 bridgehead atoms. The van der Waals surface area contributed by atoms with E-state index in [0.717, 1.165) is 37.1 Å². The number of aryl methyl sites for hydroxylation is 2. The van der Waals surface area contributed by atoms with E-state index < -0.39 is 0 Å². The van der Waals surface area contributed by atoms with Gasteiger partial charge in [-0.3, -0.25) is 4.90 Å². The molecule has 27 heavy (non-hydrogen) atoms. The van der Waals surface area contributed by atoms with Gasteiger partial charge in [0.1, 0.15) is 11.6 Å². The Morgan fingerprint density at radius 3 is 2.59 bits per heavy atom. The number of halogens is 1. The Morgan fingerprint density at radius 2 is 1.93 bits per heavy atom. The topological polar surface area (TPSA) is 71.2 Å². The molecule has 4 rings (SSSR count). The molecule has 3 aromatic rings. The van der Waals surface area contributed by atoms with Crippen LogP contribution in [0, 0.1) is 19.7 Å². The van der Waals surface area contributed by atoms with E-state index in [0.29, 0.717) is 22.8 Å². The third-order valence-corrected chi connectivity index (χ3v) is 5.75. The predicted molar refractivity (Wildman–Crippen MR) is 101 cm³/mol. The normalized spacial score (nSPS) is 16.7. The first-order valence-electron chi connectivity index (χ1n) is 8.90. The molecule has 1 fully saturated rings. The van der Waals surface area contributed by atoms with Crippen molar-refractivity contribution in [3.63, 3.8) is 0 Å². The molecule has 0 N–H and O–H groups in total. The van der Waals surface area contributed by atoms with Crippen LogP contribution in [-0.4, -0.2) is 50.6 Å². The minimum Gasteiger partial charge on any atom is -0.344 e. The third kappa shape index (κ3) is 3.70. The molecule has 0 radical (unpaired) electrons. The van der Waals surface area contributed by atoms with Gasteiger partial charge in [0.15, 0.2) is 0 Å². The van der Waals surface area contributed by atoms with Gasteiger partial charge in [-0.05, 0) is 32.4 Å². The highest BCUT2D eigenvalue weighted by molar-refractivity contribution is 7.09. The summed E-state index contributed by atoms with van der Waals surface area (Å²) in [6.07, 6.45) is 0. The van der Waals surface area contributed by atoms with Crippen molar-refractivity contribution in [2.45, 2.75) is 26.8 Å². The second-order valence-corrected chi connectivity index (χ2v) is 7.47. The molecular formula is C18H21FN6OS. The monoisotopic (exact) mass is 388 g/mol. The second kappa shape index (κ2) is 7.32. The lowest BCUT2D eigenvalue weighted by Crippen LogP contribution is -2.47. The lowest BCUT2D eigenvalue weighted by atomic mass is 10.1. The van der Waals surface area contributed by atoms with Crippen LogP contribution in [0.3, 0.4) is 0 Å². The summed E-state index contributed by atoms with van der Waals surface area (Å²) in [6, 6.07) is 4.97. The Bertz CT molecular complexity index is 934. The van der Waals surface area contributed by atoms with Crippen LogP contribution in [0.2, 0.25) is 0 Å². The molecule has 1 saturated heterocycles. The van der Waals surface area contributed by atoms with E-state index in [1.165, 1.54) is 17.6 Å². The molecule has 1 aliphatic heterocycles. The SMILES string of the molecule is Cc1nsc(N2CCN([C@@H](C)c3nc(-c4ccc(C)c(F)c4)no3)CC2)n1. The highest BCUT2D eigenvalue weighted by atomic mass is 32.1. The molecule has 2 aromatic heterocycles. The fourth-order valence-electron chi connectivity index (χ4n) is 3.13. The van der Waals surface area contributed by atoms with Crippen LogP contribution in [0.25, 0.3) is 11.4 Å². The van der Waals surface area contributed by atoms with Crippen LogP contribution in [0.15, 0.2) is 22.7 Å². The van der Waals surface area contributed by atoms with E-state index in [1.54, 1.807) is 19.1 Å². The fraction of sp³-hybridized carbons (Fsp3) is 0.444. The van der Waals surface area contributed by atoms with Crippen molar-refractivity contribution in [3.8, 4) is 11.4 Å². The predicted octanol–water partition coefficient (Wildman–Crippen LogP) is 3.23. The highest BCUT2D eigenvalue weighted by Gasteiger charge is 2.27. The average molecular weight is 388 g/mol. The van der Waals surface area contributed by atoms with Crippen LogP contribution in [0.5, 0.6) is 0 Å². The minimum absolute atomic E-state index is 0.000138. The van der Waals surface area contributed by atoms with Gasteiger partial charge in [-0.2, -0.15) is 9.36 Å². The number of anilines is 1. The van der Waals surface area contributed by atoms with Gasteiger partial charge >= 0.3 is 0 Å². The largest absolute Gasteiger partial charge is 0.344 e. The standard InChI is InChI=1S/C18H21FN6OS/c1-11-4-5-14(10-15(11)19)16-21-17(26-22-16)12(2)24-6-8-25(9-7-24)18-20-13(3)23-27-18/h4-5,10,12H,6-9H2,1-3H3/t12-/m0/s1. The molecule has 0 saturated carbocycles. The van der Waals surface area contributed by atoms with Crippen LogP contribution in [0.4, 0.5) is 9.52 Å². The number of benzene rings is 1. The van der Waals surface area contributed by atoms with Crippen molar-refractivity contribution >= 4 is 16.7 Å². The zero-order valence-corrected chi connectivity index (χ0v) is 16.3. The molecule has 0 unspecified atom stereocenters. The second-order valence-electron chi connectivity index (χ2n) is 6.74. The van der Waals surface area contributed by atoms with Gasteiger partial charge in [0.2, 0.25) is 16.8 Å². The van der Waals surface area contributed by atoms with Gasteiger partial charge in [0.05, 0.1) is 6.04 Å². The number of piperazine rings is 1. The minimum atomic E-state index is -0.269. The third-order valence-electron chi connectivity index (χ3n) is 4.88. The number of rotatable bonds is 4. The van der Waals surface area contributed by atoms with Crippen molar-refractivity contribution in [2.75, 3.05) is 31.1 Å². The van der Waals surface area contributed by atoms with Crippen LogP contribution < -0.4 is 4.90 Å². The molecule has 3 heterocycles. The van der Waals surface area contributed by atoms with E-state index in [-0.39, 0.29) is 11.9 Å². The maximum absolute atomic E-state index is 13.8. The van der Waals surface area contributed by atoms with Crippen molar-refractivity contribution in [2.24, 2.45) is 0 Å². The van der Waals surface area contributed by atoms with Crippen molar-refractivity contribution in [1.82, 2.24) is 24.4 Å². The smallest absolute Gasteiger partial charge is 0.244 e. The van der Waals surface area contributed by atoms with Crippen LogP contribution >= 0.6 is 11.5 Å². The fourth-order valence-corrected chi connectivity index (χ4v) is 3.85. The Kier molecular flexibility index (Phi) is 4.88. The Hall–Kier alpha value is -2.39. The van der Waals surface area contributed by atoms with Gasteiger partial charge in [0.25, 0.3) is 0 Å². The van der Waals surface area contributed by atoms with Crippen LogP contribution in [-0.2, 0) is 0 Å². The van der Waals surface area contributed by atoms with E-state index in [9.17, 15) is 4.39 Å². The van der Waals surface area contributed by atoms with Crippen LogP contribution in [0.1, 0.15) is 30.2 Å². The number of hydrogen-bond donors (Lipinski definition) is 0. The summed E-state index contributed by atoms with van der Waals surface area (Å²) in [5.74, 6) is 1.51. The van der Waals surface area contributed by atoms with Gasteiger partial charge < -0.3 is 9.42 Å². The Labute approximate surface area is 161 Å². The molecule has 0 amide bonds. The summed E-state index contributed by atoms with van der Waals surface area (Å²) in [4.78, 5) is 13.5. The van der Waals surface area contributed by atoms with Crippen molar-refractivity contribution < 1.29 is 8.91 Å². The Balaban J connectivity index is 1.42. The molecule has 9 heteroatoms. The zero-order valence-electron chi connectivity index (χ0n) is 15.5. The molecule has 0 spiro atoms. The summed E-state index contributed by atoms with van der Waals surface area (Å²) >= 11 is 1.44. The summed E-state index contributed by atoms with van der Waals surface area (Å²) in [5.41, 5.74) is 1.22. The molecule has 1 atom stereocenters. The number of hydrogen-bond acceptors (Lipinski definition) is 8. The molecular weight excluding hydrogens is 367 g/mol. The average Bonchev–Trinajstić information content (AvgIpc) is 3.33. The van der Waals surface area contributed by atoms with E-state index in [4.69, 9.17) is 4.52 Å². The summed E-state index contributed by atoms with van der Waals surface area (Å²) < 4.78 is 23.5.